The van der Waals surface area contributed by atoms with Crippen LogP contribution >= 0.6 is 11.6 Å². The summed E-state index contributed by atoms with van der Waals surface area (Å²) >= 11 is 5.23. The van der Waals surface area contributed by atoms with Crippen molar-refractivity contribution < 1.29 is 4.39 Å². The van der Waals surface area contributed by atoms with Crippen LogP contribution in [0.1, 0.15) is 6.92 Å². The lowest BCUT2D eigenvalue weighted by Crippen LogP contribution is -1.94. The summed E-state index contributed by atoms with van der Waals surface area (Å²) in [6, 6.07) is 0. The SMILES string of the molecule is C=C(N)/C(Cl)=C(\C)F. The summed E-state index contributed by atoms with van der Waals surface area (Å²) in [5, 5.41) is -0.0926. The molecule has 0 aromatic carbocycles. The maximum atomic E-state index is 12.0. The van der Waals surface area contributed by atoms with Gasteiger partial charge in [-0.15, -0.1) is 0 Å². The van der Waals surface area contributed by atoms with E-state index in [-0.39, 0.29) is 10.7 Å². The van der Waals surface area contributed by atoms with Gasteiger partial charge in [0.05, 0.1) is 5.03 Å². The monoisotopic (exact) mass is 135 g/mol. The summed E-state index contributed by atoms with van der Waals surface area (Å²) in [6.07, 6.45) is 0. The van der Waals surface area contributed by atoms with Crippen LogP contribution in [-0.4, -0.2) is 0 Å². The normalized spacial score (nSPS) is 12.9. The fraction of sp³-hybridized carbons (Fsp3) is 0.200. The topological polar surface area (TPSA) is 26.0 Å². The van der Waals surface area contributed by atoms with E-state index in [1.165, 1.54) is 6.92 Å². The van der Waals surface area contributed by atoms with E-state index in [2.05, 4.69) is 6.58 Å². The maximum Gasteiger partial charge on any atom is 0.117 e. The van der Waals surface area contributed by atoms with Crippen molar-refractivity contribution in [2.45, 2.75) is 6.92 Å². The third-order valence-corrected chi connectivity index (χ3v) is 1.09. The molecular weight excluding hydrogens is 129 g/mol. The first-order valence-corrected chi connectivity index (χ1v) is 2.40. The van der Waals surface area contributed by atoms with Crippen molar-refractivity contribution in [3.05, 3.63) is 23.1 Å². The Kier molecular flexibility index (Phi) is 2.55. The summed E-state index contributed by atoms with van der Waals surface area (Å²) < 4.78 is 12.0. The number of allylic oxidation sites excluding steroid dienone is 2. The molecule has 0 aromatic heterocycles. The van der Waals surface area contributed by atoms with Gasteiger partial charge >= 0.3 is 0 Å². The van der Waals surface area contributed by atoms with Gasteiger partial charge in [-0.25, -0.2) is 4.39 Å². The van der Waals surface area contributed by atoms with E-state index >= 15 is 0 Å². The summed E-state index contributed by atoms with van der Waals surface area (Å²) in [5.74, 6) is -0.501. The highest BCUT2D eigenvalue weighted by Crippen LogP contribution is 2.13. The molecule has 0 bridgehead atoms. The van der Waals surface area contributed by atoms with E-state index in [9.17, 15) is 4.39 Å². The first kappa shape index (κ1) is 7.50. The molecule has 1 nitrogen and oxygen atoms in total. The Morgan fingerprint density at radius 2 is 2.12 bits per heavy atom. The Hall–Kier alpha value is -0.500. The van der Waals surface area contributed by atoms with Gasteiger partial charge in [-0.3, -0.25) is 0 Å². The molecule has 0 aromatic rings. The summed E-state index contributed by atoms with van der Waals surface area (Å²) in [4.78, 5) is 0. The molecule has 0 aliphatic carbocycles. The minimum absolute atomic E-state index is 0.0617. The molecule has 2 N–H and O–H groups in total. The predicted octanol–water partition coefficient (Wildman–Crippen LogP) is 1.90. The fourth-order valence-electron chi connectivity index (χ4n) is 0.221. The number of halogens is 2. The molecule has 0 radical (unpaired) electrons. The Labute approximate surface area is 52.6 Å². The van der Waals surface area contributed by atoms with Crippen LogP contribution in [0, 0.1) is 0 Å². The highest BCUT2D eigenvalue weighted by Gasteiger charge is 1.96. The lowest BCUT2D eigenvalue weighted by molar-refractivity contribution is 0.636. The van der Waals surface area contributed by atoms with E-state index in [4.69, 9.17) is 17.3 Å². The van der Waals surface area contributed by atoms with Gasteiger partial charge in [-0.2, -0.15) is 0 Å². The fourth-order valence-corrected chi connectivity index (χ4v) is 0.221. The molecule has 0 heterocycles. The number of hydrogen-bond acceptors (Lipinski definition) is 1. The highest BCUT2D eigenvalue weighted by atomic mass is 35.5. The standard InChI is InChI=1S/C5H7ClFN/c1-3(7)5(6)4(2)8/h2,8H2,1H3/b5-3-. The summed E-state index contributed by atoms with van der Waals surface area (Å²) in [6.45, 7) is 4.45. The Morgan fingerprint density at radius 3 is 2.12 bits per heavy atom. The minimum Gasteiger partial charge on any atom is -0.398 e. The van der Waals surface area contributed by atoms with Gasteiger partial charge in [0, 0.05) is 5.70 Å². The van der Waals surface area contributed by atoms with Crippen molar-refractivity contribution in [3.63, 3.8) is 0 Å². The zero-order chi connectivity index (χ0) is 6.73. The average molecular weight is 136 g/mol. The molecule has 0 rings (SSSR count). The largest absolute Gasteiger partial charge is 0.398 e. The maximum absolute atomic E-state index is 12.0. The van der Waals surface area contributed by atoms with Crippen molar-refractivity contribution >= 4 is 11.6 Å². The first-order valence-electron chi connectivity index (χ1n) is 2.02. The van der Waals surface area contributed by atoms with E-state index < -0.39 is 5.83 Å². The lowest BCUT2D eigenvalue weighted by atomic mass is 10.4. The Morgan fingerprint density at radius 1 is 1.75 bits per heavy atom. The van der Waals surface area contributed by atoms with Crippen LogP contribution in [-0.2, 0) is 0 Å². The molecule has 46 valence electrons. The second kappa shape index (κ2) is 2.72. The van der Waals surface area contributed by atoms with Gasteiger partial charge < -0.3 is 5.73 Å². The molecule has 0 aliphatic heterocycles. The van der Waals surface area contributed by atoms with Crippen LogP contribution in [0.2, 0.25) is 0 Å². The second-order valence-electron chi connectivity index (χ2n) is 1.37. The highest BCUT2D eigenvalue weighted by molar-refractivity contribution is 6.32. The summed E-state index contributed by atoms with van der Waals surface area (Å²) in [5.41, 5.74) is 5.07. The van der Waals surface area contributed by atoms with Crippen LogP contribution in [0.4, 0.5) is 4.39 Å². The van der Waals surface area contributed by atoms with Crippen LogP contribution < -0.4 is 5.73 Å². The van der Waals surface area contributed by atoms with Gasteiger partial charge in [-0.1, -0.05) is 18.2 Å². The molecule has 0 saturated heterocycles. The summed E-state index contributed by atoms with van der Waals surface area (Å²) in [7, 11) is 0. The van der Waals surface area contributed by atoms with Crippen molar-refractivity contribution in [2.75, 3.05) is 0 Å². The first-order chi connectivity index (χ1) is 3.55. The Bertz CT molecular complexity index is 135. The average Bonchev–Trinajstić information content (AvgIpc) is 1.64. The van der Waals surface area contributed by atoms with Gasteiger partial charge in [0.15, 0.2) is 0 Å². The van der Waals surface area contributed by atoms with Crippen molar-refractivity contribution in [1.29, 1.82) is 0 Å². The van der Waals surface area contributed by atoms with Crippen LogP contribution in [0.25, 0.3) is 0 Å². The van der Waals surface area contributed by atoms with Crippen molar-refractivity contribution in [1.82, 2.24) is 0 Å². The molecule has 0 atom stereocenters. The Balaban J connectivity index is 4.23. The van der Waals surface area contributed by atoms with Gasteiger partial charge in [-0.05, 0) is 6.92 Å². The lowest BCUT2D eigenvalue weighted by Gasteiger charge is -1.93. The number of rotatable bonds is 1. The van der Waals surface area contributed by atoms with Crippen molar-refractivity contribution in [3.8, 4) is 0 Å². The number of nitrogens with two attached hydrogens (primary N) is 1. The van der Waals surface area contributed by atoms with E-state index in [1.807, 2.05) is 0 Å². The molecule has 0 spiro atoms. The second-order valence-corrected chi connectivity index (χ2v) is 1.75. The molecule has 0 unspecified atom stereocenters. The third kappa shape index (κ3) is 1.98. The smallest absolute Gasteiger partial charge is 0.117 e. The van der Waals surface area contributed by atoms with E-state index in [0.717, 1.165) is 0 Å². The molecular formula is C5H7ClFN. The van der Waals surface area contributed by atoms with Gasteiger partial charge in [0.1, 0.15) is 5.83 Å². The molecule has 0 amide bonds. The van der Waals surface area contributed by atoms with Crippen molar-refractivity contribution in [2.24, 2.45) is 5.73 Å². The van der Waals surface area contributed by atoms with Crippen LogP contribution in [0.3, 0.4) is 0 Å². The van der Waals surface area contributed by atoms with Gasteiger partial charge in [0.2, 0.25) is 0 Å². The van der Waals surface area contributed by atoms with Gasteiger partial charge in [0.25, 0.3) is 0 Å². The van der Waals surface area contributed by atoms with E-state index in [0.29, 0.717) is 0 Å². The molecule has 0 saturated carbocycles. The van der Waals surface area contributed by atoms with E-state index in [1.54, 1.807) is 0 Å². The quantitative estimate of drug-likeness (QED) is 0.546. The minimum atomic E-state index is -0.501. The molecule has 0 fully saturated rings. The zero-order valence-corrected chi connectivity index (χ0v) is 5.30. The predicted molar refractivity (Wildman–Crippen MR) is 33.0 cm³/mol. The van der Waals surface area contributed by atoms with Crippen LogP contribution in [0.15, 0.2) is 23.1 Å². The molecule has 3 heteroatoms. The van der Waals surface area contributed by atoms with Crippen LogP contribution in [0.5, 0.6) is 0 Å². The molecule has 0 aliphatic rings. The zero-order valence-electron chi connectivity index (χ0n) is 4.54. The molecule has 8 heavy (non-hydrogen) atoms. The number of hydrogen-bond donors (Lipinski definition) is 1. The third-order valence-electron chi connectivity index (χ3n) is 0.584.